The summed E-state index contributed by atoms with van der Waals surface area (Å²) in [6, 6.07) is 0. The van der Waals surface area contributed by atoms with Crippen molar-refractivity contribution in [3.63, 3.8) is 0 Å². The van der Waals surface area contributed by atoms with Crippen molar-refractivity contribution < 1.29 is 5.11 Å². The Morgan fingerprint density at radius 2 is 0.190 bits per heavy atom. The van der Waals surface area contributed by atoms with Crippen molar-refractivity contribution in [1.82, 2.24) is 117 Å². The Kier molecular flexibility index (Phi) is 88100000. The summed E-state index contributed by atoms with van der Waals surface area (Å²) >= 11 is 0. The van der Waals surface area contributed by atoms with Gasteiger partial charge in [0.15, 0.2) is 0 Å². The Morgan fingerprint density at radius 3 is 0.190 bits per heavy atom. The van der Waals surface area contributed by atoms with Crippen molar-refractivity contribution in [2.45, 2.75) is 0 Å². The quantitative estimate of drug-likeness (QED) is 0.296. The minimum absolute atomic E-state index is 0. The Labute approximate surface area is 130 Å². The topological polar surface area (TPSA) is 685 Å². The van der Waals surface area contributed by atoms with Crippen molar-refractivity contribution in [2.75, 3.05) is 7.11 Å². The van der Waals surface area contributed by atoms with Crippen LogP contribution >= 0.6 is 0 Å². The zero-order valence-electron chi connectivity index (χ0n) is 14.9. The molecule has 0 spiro atoms. The zero-order chi connectivity index (χ0) is 2.00. The van der Waals surface area contributed by atoms with Crippen LogP contribution in [0.1, 0.15) is 0 Å². The van der Waals surface area contributed by atoms with Crippen LogP contribution in [0.3, 0.4) is 0 Å². The normalized spacial score (nSPS) is 0.286. The van der Waals surface area contributed by atoms with Crippen LogP contribution in [0.4, 0.5) is 0 Å². The summed E-state index contributed by atoms with van der Waals surface area (Å²) in [7, 11) is 1.00. The molecule has 20 heteroatoms. The van der Waals surface area contributed by atoms with Gasteiger partial charge in [-0.3, -0.25) is 0 Å². The number of rotatable bonds is 0. The lowest BCUT2D eigenvalue weighted by Crippen LogP contribution is -1.25. The van der Waals surface area contributed by atoms with E-state index >= 15 is 0 Å². The predicted octanol–water partition coefficient (Wildman–Crippen LogP) is 2.69. The molecule has 0 saturated heterocycles. The summed E-state index contributed by atoms with van der Waals surface area (Å²) in [6.07, 6.45) is 0. The van der Waals surface area contributed by atoms with Gasteiger partial charge in [-0.1, -0.05) is 0 Å². The molecule has 0 fully saturated rings. The molecule has 0 heterocycles. The predicted molar refractivity (Wildman–Crippen MR) is 104 cm³/mol. The number of aliphatic hydroxyl groups excluding tert-OH is 1. The first-order valence-corrected chi connectivity index (χ1v) is 0.447. The van der Waals surface area contributed by atoms with Gasteiger partial charge in [0.2, 0.25) is 0 Å². The third kappa shape index (κ3) is 8880. The van der Waals surface area contributed by atoms with E-state index in [1.165, 1.54) is 0 Å². The van der Waals surface area contributed by atoms with Gasteiger partial charge in [0.25, 0.3) is 0 Å². The van der Waals surface area contributed by atoms with Gasteiger partial charge in [-0.2, -0.15) is 0 Å². The van der Waals surface area contributed by atoms with Crippen molar-refractivity contribution in [3.05, 3.63) is 0 Å². The summed E-state index contributed by atoms with van der Waals surface area (Å²) in [6.45, 7) is 0. The lowest BCUT2D eigenvalue weighted by atomic mass is 11.8. The average Bonchev–Trinajstić information content (AvgIpc) is 1.00. The summed E-state index contributed by atoms with van der Waals surface area (Å²) in [5.74, 6) is 0. The molecule has 0 atom stereocenters. The second-order valence-electron chi connectivity index (χ2n) is 0. The molecule has 0 bridgehead atoms. The van der Waals surface area contributed by atoms with Gasteiger partial charge < -0.3 is 122 Å². The van der Waals surface area contributed by atoms with Crippen LogP contribution in [0.2, 0.25) is 0 Å². The van der Waals surface area contributed by atoms with Gasteiger partial charge in [-0.25, -0.2) is 0 Å². The van der Waals surface area contributed by atoms with E-state index in [4.69, 9.17) is 5.11 Å². The maximum Gasteiger partial charge on any atom is 0.0319 e. The summed E-state index contributed by atoms with van der Waals surface area (Å²) in [5, 5.41) is 7.00. The number of hydrogen-bond donors (Lipinski definition) is 20. The Hall–Kier alpha value is -0.800. The molecular weight excluding hydrogens is 294 g/mol. The molecule has 58 N–H and O–H groups in total. The minimum atomic E-state index is 0. The Balaban J connectivity index is -0.0000000000292. The molecule has 0 aliphatic carbocycles. The molecular formula is CH61N19O. The van der Waals surface area contributed by atoms with E-state index in [2.05, 4.69) is 0 Å². The van der Waals surface area contributed by atoms with Crippen LogP contribution in [-0.2, 0) is 0 Å². The highest BCUT2D eigenvalue weighted by Crippen LogP contribution is 0.755. The third-order valence-corrected chi connectivity index (χ3v) is 0. The SMILES string of the molecule is CO.N.N.N.N.N.N.N.N.N.N.N.N.N.N.N.N.N.N.N. The molecule has 0 saturated carbocycles. The van der Waals surface area contributed by atoms with Gasteiger partial charge in [0.05, 0.1) is 0 Å². The van der Waals surface area contributed by atoms with Crippen molar-refractivity contribution in [2.24, 2.45) is 0 Å². The van der Waals surface area contributed by atoms with Crippen LogP contribution < -0.4 is 117 Å². The van der Waals surface area contributed by atoms with Crippen molar-refractivity contribution >= 4 is 0 Å². The fraction of sp³-hybridized carbons (Fsp3) is 1.00. The number of hydrogen-bond acceptors (Lipinski definition) is 20. The second-order valence-corrected chi connectivity index (χ2v) is 0. The Morgan fingerprint density at radius 1 is 0.190 bits per heavy atom. The lowest BCUT2D eigenvalue weighted by molar-refractivity contribution is 0.399. The molecule has 0 aromatic rings. The molecule has 166 valence electrons. The van der Waals surface area contributed by atoms with Gasteiger partial charge in [0, 0.05) is 7.11 Å². The van der Waals surface area contributed by atoms with E-state index < -0.39 is 0 Å². The van der Waals surface area contributed by atoms with E-state index in [1.54, 1.807) is 0 Å². The third-order valence-electron chi connectivity index (χ3n) is 0. The standard InChI is InChI=1S/CH4O.19H3N/c1-2;;;;;;;;;;;;;;;;;;;/h2H,1H3;19*1H3. The number of aliphatic hydroxyl groups is 1. The molecule has 0 rings (SSSR count). The molecule has 21 heavy (non-hydrogen) atoms. The van der Waals surface area contributed by atoms with E-state index in [0.29, 0.717) is 0 Å². The monoisotopic (exact) mass is 356 g/mol. The van der Waals surface area contributed by atoms with E-state index in [9.17, 15) is 0 Å². The maximum absolute atomic E-state index is 7.00. The molecule has 0 aromatic heterocycles. The first-order chi connectivity index (χ1) is 1.00. The van der Waals surface area contributed by atoms with Crippen LogP contribution in [0.25, 0.3) is 0 Å². The van der Waals surface area contributed by atoms with Crippen LogP contribution in [-0.4, -0.2) is 12.2 Å². The highest BCUT2D eigenvalue weighted by molar-refractivity contribution is 3.18. The smallest absolute Gasteiger partial charge is 0.0319 e. The molecule has 0 radical (unpaired) electrons. The summed E-state index contributed by atoms with van der Waals surface area (Å²) in [4.78, 5) is 0. The van der Waals surface area contributed by atoms with Gasteiger partial charge >= 0.3 is 0 Å². The van der Waals surface area contributed by atoms with E-state index in [-0.39, 0.29) is 117 Å². The van der Waals surface area contributed by atoms with Crippen LogP contribution in [0.5, 0.6) is 0 Å². The molecule has 0 aromatic carbocycles. The van der Waals surface area contributed by atoms with Crippen molar-refractivity contribution in [3.8, 4) is 0 Å². The molecule has 20 nitrogen and oxygen atoms in total. The molecule has 0 unspecified atom stereocenters. The average molecular weight is 356 g/mol. The lowest BCUT2D eigenvalue weighted by Gasteiger charge is -1.21. The minimum Gasteiger partial charge on any atom is -0.400 e. The fourth-order valence-electron chi connectivity index (χ4n) is 0. The summed E-state index contributed by atoms with van der Waals surface area (Å²) < 4.78 is 0. The first-order valence-electron chi connectivity index (χ1n) is 0.447. The van der Waals surface area contributed by atoms with Crippen LogP contribution in [0, 0.1) is 0 Å². The van der Waals surface area contributed by atoms with Gasteiger partial charge in [-0.05, 0) is 0 Å². The zero-order valence-corrected chi connectivity index (χ0v) is 14.9. The Bertz CT molecular complexity index is 11.5. The first kappa shape index (κ1) is 186000. The highest BCUT2D eigenvalue weighted by Gasteiger charge is 0.839. The summed E-state index contributed by atoms with van der Waals surface area (Å²) in [5.41, 5.74) is 0. The van der Waals surface area contributed by atoms with E-state index in [1.807, 2.05) is 0 Å². The van der Waals surface area contributed by atoms with E-state index in [0.717, 1.165) is 7.11 Å². The second kappa shape index (κ2) is 9940. The molecule has 0 aliphatic heterocycles. The van der Waals surface area contributed by atoms with Gasteiger partial charge in [0.1, 0.15) is 0 Å². The van der Waals surface area contributed by atoms with Crippen LogP contribution in [0.15, 0.2) is 0 Å². The van der Waals surface area contributed by atoms with Crippen molar-refractivity contribution in [1.29, 1.82) is 0 Å². The molecule has 0 amide bonds. The maximum atomic E-state index is 7.00. The highest BCUT2D eigenvalue weighted by atomic mass is 16.2. The largest absolute Gasteiger partial charge is 0.400 e. The molecule has 0 aliphatic rings. The fourth-order valence-corrected chi connectivity index (χ4v) is 0. The van der Waals surface area contributed by atoms with Gasteiger partial charge in [-0.15, -0.1) is 0 Å².